The molecule has 29 heavy (non-hydrogen) atoms. The first-order valence-corrected chi connectivity index (χ1v) is 11.2. The molecule has 1 aliphatic rings. The SMILES string of the molecule is CC(C)C[C@H](NC(=O)Cn1cnc2sc3c(c2c1=O)CCCC3)c1ccccc1. The maximum atomic E-state index is 13.1. The molecule has 0 saturated carbocycles. The van der Waals surface area contributed by atoms with Crippen LogP contribution in [0.5, 0.6) is 0 Å². The summed E-state index contributed by atoms with van der Waals surface area (Å²) in [5.41, 5.74) is 2.15. The molecule has 5 nitrogen and oxygen atoms in total. The summed E-state index contributed by atoms with van der Waals surface area (Å²) in [6.07, 6.45) is 6.62. The van der Waals surface area contributed by atoms with E-state index in [2.05, 4.69) is 24.1 Å². The van der Waals surface area contributed by atoms with E-state index >= 15 is 0 Å². The fourth-order valence-corrected chi connectivity index (χ4v) is 5.34. The third kappa shape index (κ3) is 4.27. The van der Waals surface area contributed by atoms with Crippen molar-refractivity contribution in [3.63, 3.8) is 0 Å². The van der Waals surface area contributed by atoms with Gasteiger partial charge >= 0.3 is 0 Å². The van der Waals surface area contributed by atoms with Gasteiger partial charge < -0.3 is 5.32 Å². The van der Waals surface area contributed by atoms with Crippen LogP contribution >= 0.6 is 11.3 Å². The van der Waals surface area contributed by atoms with Gasteiger partial charge in [-0.2, -0.15) is 0 Å². The largest absolute Gasteiger partial charge is 0.348 e. The number of nitrogens with zero attached hydrogens (tertiary/aromatic N) is 2. The molecule has 0 saturated heterocycles. The Morgan fingerprint density at radius 2 is 1.97 bits per heavy atom. The molecule has 0 spiro atoms. The Balaban J connectivity index is 1.56. The number of carbonyl (C=O) groups is 1. The summed E-state index contributed by atoms with van der Waals surface area (Å²) in [6.45, 7) is 4.28. The molecule has 4 rings (SSSR count). The van der Waals surface area contributed by atoms with E-state index in [1.54, 1.807) is 11.3 Å². The third-order valence-electron chi connectivity index (χ3n) is 5.50. The van der Waals surface area contributed by atoms with Crippen LogP contribution in [-0.2, 0) is 24.2 Å². The molecule has 3 aromatic rings. The Bertz CT molecular complexity index is 1070. The van der Waals surface area contributed by atoms with Crippen molar-refractivity contribution in [1.29, 1.82) is 0 Å². The Morgan fingerprint density at radius 3 is 2.72 bits per heavy atom. The summed E-state index contributed by atoms with van der Waals surface area (Å²) >= 11 is 1.63. The molecule has 1 aliphatic carbocycles. The predicted octanol–water partition coefficient (Wildman–Crippen LogP) is 4.24. The van der Waals surface area contributed by atoms with E-state index in [0.717, 1.165) is 47.0 Å². The molecule has 0 fully saturated rings. The molecule has 152 valence electrons. The molecule has 2 aromatic heterocycles. The van der Waals surface area contributed by atoms with Gasteiger partial charge in [-0.05, 0) is 49.1 Å². The lowest BCUT2D eigenvalue weighted by Crippen LogP contribution is -2.35. The average Bonchev–Trinajstić information content (AvgIpc) is 3.09. The average molecular weight is 410 g/mol. The van der Waals surface area contributed by atoms with Crippen molar-refractivity contribution in [1.82, 2.24) is 14.9 Å². The van der Waals surface area contributed by atoms with Gasteiger partial charge in [0.05, 0.1) is 17.8 Å². The van der Waals surface area contributed by atoms with Gasteiger partial charge in [0.15, 0.2) is 0 Å². The zero-order chi connectivity index (χ0) is 20.4. The van der Waals surface area contributed by atoms with E-state index in [0.29, 0.717) is 5.92 Å². The van der Waals surface area contributed by atoms with Crippen LogP contribution in [0.2, 0.25) is 0 Å². The number of fused-ring (bicyclic) bond motifs is 3. The molecule has 0 radical (unpaired) electrons. The second-order valence-electron chi connectivity index (χ2n) is 8.23. The number of nitrogens with one attached hydrogen (secondary N) is 1. The molecule has 2 heterocycles. The zero-order valence-corrected chi connectivity index (χ0v) is 17.8. The fraction of sp³-hybridized carbons (Fsp3) is 0.435. The Labute approximate surface area is 174 Å². The Morgan fingerprint density at radius 1 is 1.21 bits per heavy atom. The molecule has 0 bridgehead atoms. The van der Waals surface area contributed by atoms with E-state index in [9.17, 15) is 9.59 Å². The third-order valence-corrected chi connectivity index (χ3v) is 6.70. The van der Waals surface area contributed by atoms with Crippen LogP contribution in [0.1, 0.15) is 55.2 Å². The van der Waals surface area contributed by atoms with E-state index in [1.807, 2.05) is 30.3 Å². The van der Waals surface area contributed by atoms with Gasteiger partial charge in [-0.1, -0.05) is 44.2 Å². The smallest absolute Gasteiger partial charge is 0.262 e. The van der Waals surface area contributed by atoms with E-state index in [4.69, 9.17) is 0 Å². The van der Waals surface area contributed by atoms with Crippen LogP contribution in [0.25, 0.3) is 10.2 Å². The molecular weight excluding hydrogens is 382 g/mol. The van der Waals surface area contributed by atoms with Gasteiger partial charge in [0, 0.05) is 4.88 Å². The highest BCUT2D eigenvalue weighted by Gasteiger charge is 2.21. The first kappa shape index (κ1) is 19.8. The van der Waals surface area contributed by atoms with Gasteiger partial charge in [0.1, 0.15) is 11.4 Å². The Kier molecular flexibility index (Phi) is 5.81. The summed E-state index contributed by atoms with van der Waals surface area (Å²) in [5, 5.41) is 3.84. The predicted molar refractivity (Wildman–Crippen MR) is 117 cm³/mol. The maximum Gasteiger partial charge on any atom is 0.262 e. The number of aryl methyl sites for hydroxylation is 2. The molecule has 1 atom stereocenters. The molecule has 0 unspecified atom stereocenters. The normalized spacial score (nSPS) is 14.7. The van der Waals surface area contributed by atoms with Crippen molar-refractivity contribution in [3.8, 4) is 0 Å². The lowest BCUT2D eigenvalue weighted by atomic mass is 9.97. The van der Waals surface area contributed by atoms with Crippen LogP contribution in [-0.4, -0.2) is 15.5 Å². The van der Waals surface area contributed by atoms with Crippen molar-refractivity contribution in [2.75, 3.05) is 0 Å². The van der Waals surface area contributed by atoms with Crippen molar-refractivity contribution < 1.29 is 4.79 Å². The standard InChI is InChI=1S/C23H27N3O2S/c1-15(2)12-18(16-8-4-3-5-9-16)25-20(27)13-26-14-24-22-21(23(26)28)17-10-6-7-11-19(17)29-22/h3-5,8-9,14-15,18H,6-7,10-13H2,1-2H3,(H,25,27)/t18-/m0/s1. The number of aromatic nitrogens is 2. The van der Waals surface area contributed by atoms with Crippen LogP contribution in [0.15, 0.2) is 41.5 Å². The van der Waals surface area contributed by atoms with Crippen LogP contribution in [0.3, 0.4) is 0 Å². The maximum absolute atomic E-state index is 13.1. The highest BCUT2D eigenvalue weighted by molar-refractivity contribution is 7.18. The molecule has 1 N–H and O–H groups in total. The molecule has 1 amide bonds. The quantitative estimate of drug-likeness (QED) is 0.662. The summed E-state index contributed by atoms with van der Waals surface area (Å²) in [7, 11) is 0. The first-order chi connectivity index (χ1) is 14.0. The summed E-state index contributed by atoms with van der Waals surface area (Å²) < 4.78 is 1.46. The number of amides is 1. The minimum Gasteiger partial charge on any atom is -0.348 e. The Hall–Kier alpha value is -2.47. The minimum atomic E-state index is -0.160. The molecule has 1 aromatic carbocycles. The number of rotatable bonds is 6. The lowest BCUT2D eigenvalue weighted by molar-refractivity contribution is -0.122. The highest BCUT2D eigenvalue weighted by atomic mass is 32.1. The van der Waals surface area contributed by atoms with E-state index < -0.39 is 0 Å². The van der Waals surface area contributed by atoms with Crippen LogP contribution in [0.4, 0.5) is 0 Å². The zero-order valence-electron chi connectivity index (χ0n) is 17.0. The first-order valence-electron chi connectivity index (χ1n) is 10.4. The van der Waals surface area contributed by atoms with Crippen molar-refractivity contribution in [2.24, 2.45) is 5.92 Å². The van der Waals surface area contributed by atoms with Gasteiger partial charge in [0.25, 0.3) is 5.56 Å². The number of thiophene rings is 1. The number of hydrogen-bond acceptors (Lipinski definition) is 4. The summed E-state index contributed by atoms with van der Waals surface area (Å²) in [5.74, 6) is 0.283. The van der Waals surface area contributed by atoms with Crippen LogP contribution in [0, 0.1) is 5.92 Å². The monoisotopic (exact) mass is 409 g/mol. The van der Waals surface area contributed by atoms with Crippen molar-refractivity contribution in [3.05, 3.63) is 63.0 Å². The van der Waals surface area contributed by atoms with Crippen molar-refractivity contribution in [2.45, 2.75) is 58.5 Å². The van der Waals surface area contributed by atoms with Gasteiger partial charge in [-0.25, -0.2) is 4.98 Å². The second-order valence-corrected chi connectivity index (χ2v) is 9.31. The van der Waals surface area contributed by atoms with Crippen molar-refractivity contribution >= 4 is 27.5 Å². The minimum absolute atomic E-state index is 0.00613. The van der Waals surface area contributed by atoms with E-state index in [1.165, 1.54) is 22.2 Å². The number of hydrogen-bond donors (Lipinski definition) is 1. The molecule has 6 heteroatoms. The fourth-order valence-electron chi connectivity index (χ4n) is 4.12. The topological polar surface area (TPSA) is 64.0 Å². The van der Waals surface area contributed by atoms with Gasteiger partial charge in [-0.3, -0.25) is 14.2 Å². The van der Waals surface area contributed by atoms with Gasteiger partial charge in [0.2, 0.25) is 5.91 Å². The van der Waals surface area contributed by atoms with Gasteiger partial charge in [-0.15, -0.1) is 11.3 Å². The summed E-state index contributed by atoms with van der Waals surface area (Å²) in [6, 6.07) is 9.94. The molecule has 0 aliphatic heterocycles. The summed E-state index contributed by atoms with van der Waals surface area (Å²) in [4.78, 5) is 32.5. The molecular formula is C23H27N3O2S. The number of benzene rings is 1. The van der Waals surface area contributed by atoms with E-state index in [-0.39, 0.29) is 24.1 Å². The number of carbonyl (C=O) groups excluding carboxylic acids is 1. The highest BCUT2D eigenvalue weighted by Crippen LogP contribution is 2.33. The lowest BCUT2D eigenvalue weighted by Gasteiger charge is -2.21. The van der Waals surface area contributed by atoms with Crippen LogP contribution < -0.4 is 10.9 Å². The second kappa shape index (κ2) is 8.49.